The number of carbonyl (C=O) groups is 1. The van der Waals surface area contributed by atoms with Crippen LogP contribution in [-0.2, 0) is 11.3 Å². The molecule has 9 heteroatoms. The Morgan fingerprint density at radius 2 is 1.94 bits per heavy atom. The van der Waals surface area contributed by atoms with Gasteiger partial charge in [-0.05, 0) is 50.2 Å². The lowest BCUT2D eigenvalue weighted by atomic mass is 10.2. The lowest BCUT2D eigenvalue weighted by molar-refractivity contribution is -0.128. The Bertz CT molecular complexity index is 1190. The number of amides is 1. The number of nitrogens with zero attached hydrogens (tertiary/aromatic N) is 5. The minimum Gasteiger partial charge on any atom is -0.497 e. The Morgan fingerprint density at radius 3 is 2.62 bits per heavy atom. The minimum atomic E-state index is -0.0978. The summed E-state index contributed by atoms with van der Waals surface area (Å²) >= 11 is 3.03. The van der Waals surface area contributed by atoms with Gasteiger partial charge in [-0.3, -0.25) is 4.79 Å². The Labute approximate surface area is 195 Å². The highest BCUT2D eigenvalue weighted by atomic mass is 32.2. The van der Waals surface area contributed by atoms with Crippen LogP contribution in [0.5, 0.6) is 5.75 Å². The van der Waals surface area contributed by atoms with E-state index in [-0.39, 0.29) is 17.7 Å². The summed E-state index contributed by atoms with van der Waals surface area (Å²) in [4.78, 5) is 19.3. The van der Waals surface area contributed by atoms with Crippen molar-refractivity contribution in [3.8, 4) is 17.1 Å². The largest absolute Gasteiger partial charge is 0.497 e. The molecule has 0 aliphatic heterocycles. The molecule has 1 atom stereocenters. The lowest BCUT2D eigenvalue weighted by Crippen LogP contribution is -2.31. The number of carbonyl (C=O) groups excluding carboxylic acids is 1. The van der Waals surface area contributed by atoms with E-state index >= 15 is 0 Å². The van der Waals surface area contributed by atoms with Crippen LogP contribution >= 0.6 is 23.1 Å². The third-order valence-corrected chi connectivity index (χ3v) is 7.51. The van der Waals surface area contributed by atoms with E-state index in [9.17, 15) is 4.79 Å². The van der Waals surface area contributed by atoms with Gasteiger partial charge in [-0.2, -0.15) is 0 Å². The van der Waals surface area contributed by atoms with Crippen molar-refractivity contribution in [1.29, 1.82) is 0 Å². The topological polar surface area (TPSA) is 73.1 Å². The Balaban J connectivity index is 1.44. The van der Waals surface area contributed by atoms with E-state index in [1.807, 2.05) is 67.9 Å². The third-order valence-electron chi connectivity index (χ3n) is 5.35. The molecule has 1 amide bonds. The summed E-state index contributed by atoms with van der Waals surface area (Å²) in [5.41, 5.74) is 1.93. The predicted molar refractivity (Wildman–Crippen MR) is 129 cm³/mol. The fourth-order valence-electron chi connectivity index (χ4n) is 3.31. The first-order chi connectivity index (χ1) is 15.5. The first-order valence-electron chi connectivity index (χ1n) is 10.3. The van der Waals surface area contributed by atoms with Gasteiger partial charge in [0.2, 0.25) is 5.91 Å². The molecule has 4 aromatic rings. The van der Waals surface area contributed by atoms with Gasteiger partial charge >= 0.3 is 0 Å². The molecule has 7 nitrogen and oxygen atoms in total. The summed E-state index contributed by atoms with van der Waals surface area (Å²) in [5.74, 6) is 1.88. The average Bonchev–Trinajstić information content (AvgIpc) is 3.45. The number of fused-ring (bicyclic) bond motifs is 1. The lowest BCUT2D eigenvalue weighted by Gasteiger charge is -2.23. The standard InChI is InChI=1S/C23H25N5O2S2/c1-5-28-21(16-10-12-17(30-4)13-11-16)25-26-23(28)31-14-20(29)27(3)15(2)22-24-18-8-6-7-9-19(18)32-22/h6-13,15H,5,14H2,1-4H3. The zero-order chi connectivity index (χ0) is 22.7. The van der Waals surface area contributed by atoms with Gasteiger partial charge < -0.3 is 14.2 Å². The molecule has 0 aliphatic rings. The van der Waals surface area contributed by atoms with Crippen molar-refractivity contribution < 1.29 is 9.53 Å². The monoisotopic (exact) mass is 467 g/mol. The van der Waals surface area contributed by atoms with Gasteiger partial charge in [0.25, 0.3) is 0 Å². The van der Waals surface area contributed by atoms with Crippen LogP contribution in [0.4, 0.5) is 0 Å². The van der Waals surface area contributed by atoms with Gasteiger partial charge in [0, 0.05) is 19.2 Å². The molecule has 166 valence electrons. The summed E-state index contributed by atoms with van der Waals surface area (Å²) < 4.78 is 8.39. The van der Waals surface area contributed by atoms with Crippen molar-refractivity contribution in [3.05, 3.63) is 53.5 Å². The quantitative estimate of drug-likeness (QED) is 0.343. The van der Waals surface area contributed by atoms with E-state index in [2.05, 4.69) is 16.3 Å². The van der Waals surface area contributed by atoms with Gasteiger partial charge in [-0.15, -0.1) is 21.5 Å². The highest BCUT2D eigenvalue weighted by Gasteiger charge is 2.22. The second-order valence-corrected chi connectivity index (χ2v) is 9.27. The van der Waals surface area contributed by atoms with Crippen molar-refractivity contribution in [3.63, 3.8) is 0 Å². The summed E-state index contributed by atoms with van der Waals surface area (Å²) in [6, 6.07) is 15.7. The highest BCUT2D eigenvalue weighted by Crippen LogP contribution is 2.30. The summed E-state index contributed by atoms with van der Waals surface area (Å²) in [6.45, 7) is 4.77. The van der Waals surface area contributed by atoms with Crippen molar-refractivity contribution in [2.45, 2.75) is 31.6 Å². The first kappa shape index (κ1) is 22.3. The van der Waals surface area contributed by atoms with Crippen molar-refractivity contribution in [2.24, 2.45) is 0 Å². The van der Waals surface area contributed by atoms with Crippen LogP contribution in [-0.4, -0.2) is 50.5 Å². The molecule has 0 radical (unpaired) electrons. The fraction of sp³-hybridized carbons (Fsp3) is 0.304. The molecule has 0 bridgehead atoms. The maximum absolute atomic E-state index is 12.9. The Hall–Kier alpha value is -2.91. The number of hydrogen-bond donors (Lipinski definition) is 0. The van der Waals surface area contributed by atoms with Crippen molar-refractivity contribution >= 4 is 39.2 Å². The smallest absolute Gasteiger partial charge is 0.233 e. The second-order valence-electron chi connectivity index (χ2n) is 7.27. The van der Waals surface area contributed by atoms with E-state index in [1.165, 1.54) is 11.8 Å². The molecule has 0 spiro atoms. The normalized spacial score (nSPS) is 12.1. The number of thiazole rings is 1. The zero-order valence-electron chi connectivity index (χ0n) is 18.5. The minimum absolute atomic E-state index is 0.0263. The number of ether oxygens (including phenoxy) is 1. The second kappa shape index (κ2) is 9.70. The number of benzene rings is 2. The number of rotatable bonds is 8. The van der Waals surface area contributed by atoms with Crippen LogP contribution in [0, 0.1) is 0 Å². The van der Waals surface area contributed by atoms with E-state index < -0.39 is 0 Å². The molecule has 2 heterocycles. The number of para-hydroxylation sites is 1. The molecule has 0 aliphatic carbocycles. The predicted octanol–water partition coefficient (Wildman–Crippen LogP) is 4.90. The number of hydrogen-bond acceptors (Lipinski definition) is 7. The van der Waals surface area contributed by atoms with E-state index in [0.29, 0.717) is 6.54 Å². The Morgan fingerprint density at radius 1 is 1.19 bits per heavy atom. The summed E-state index contributed by atoms with van der Waals surface area (Å²) in [6.07, 6.45) is 0. The van der Waals surface area contributed by atoms with Gasteiger partial charge in [0.15, 0.2) is 11.0 Å². The number of thioether (sulfide) groups is 1. The molecule has 2 aromatic carbocycles. The molecular formula is C23H25N5O2S2. The maximum atomic E-state index is 12.9. The number of aromatic nitrogens is 4. The molecule has 1 unspecified atom stereocenters. The molecule has 0 N–H and O–H groups in total. The number of methoxy groups -OCH3 is 1. The highest BCUT2D eigenvalue weighted by molar-refractivity contribution is 7.99. The van der Waals surface area contributed by atoms with Crippen LogP contribution in [0.3, 0.4) is 0 Å². The Kier molecular flexibility index (Phi) is 6.76. The molecule has 0 saturated heterocycles. The zero-order valence-corrected chi connectivity index (χ0v) is 20.1. The van der Waals surface area contributed by atoms with Gasteiger partial charge in [-0.25, -0.2) is 4.98 Å². The SMILES string of the molecule is CCn1c(SCC(=O)N(C)C(C)c2nc3ccccc3s2)nnc1-c1ccc(OC)cc1. The van der Waals surface area contributed by atoms with Crippen LogP contribution < -0.4 is 4.74 Å². The van der Waals surface area contributed by atoms with E-state index in [4.69, 9.17) is 9.72 Å². The molecular weight excluding hydrogens is 442 g/mol. The van der Waals surface area contributed by atoms with Crippen molar-refractivity contribution in [2.75, 3.05) is 19.9 Å². The van der Waals surface area contributed by atoms with Crippen LogP contribution in [0.1, 0.15) is 24.9 Å². The third kappa shape index (κ3) is 4.49. The molecule has 2 aromatic heterocycles. The van der Waals surface area contributed by atoms with E-state index in [0.717, 1.165) is 37.5 Å². The molecule has 32 heavy (non-hydrogen) atoms. The van der Waals surface area contributed by atoms with Crippen molar-refractivity contribution in [1.82, 2.24) is 24.6 Å². The average molecular weight is 468 g/mol. The van der Waals surface area contributed by atoms with Gasteiger partial charge in [0.1, 0.15) is 10.8 Å². The van der Waals surface area contributed by atoms with Crippen LogP contribution in [0.25, 0.3) is 21.6 Å². The van der Waals surface area contributed by atoms with Crippen LogP contribution in [0.15, 0.2) is 53.7 Å². The first-order valence-corrected chi connectivity index (χ1v) is 12.1. The molecule has 0 fully saturated rings. The van der Waals surface area contributed by atoms with E-state index in [1.54, 1.807) is 23.3 Å². The van der Waals surface area contributed by atoms with Crippen LogP contribution in [0.2, 0.25) is 0 Å². The summed E-state index contributed by atoms with van der Waals surface area (Å²) in [5, 5.41) is 10.4. The van der Waals surface area contributed by atoms with Gasteiger partial charge in [0.05, 0.1) is 29.1 Å². The molecule has 4 rings (SSSR count). The van der Waals surface area contributed by atoms with Gasteiger partial charge in [-0.1, -0.05) is 23.9 Å². The summed E-state index contributed by atoms with van der Waals surface area (Å²) in [7, 11) is 3.47. The molecule has 0 saturated carbocycles. The fourth-order valence-corrected chi connectivity index (χ4v) is 5.30. The maximum Gasteiger partial charge on any atom is 0.233 e.